The second-order valence-electron chi connectivity index (χ2n) is 6.31. The predicted octanol–water partition coefficient (Wildman–Crippen LogP) is 3.42. The summed E-state index contributed by atoms with van der Waals surface area (Å²) in [4.78, 5) is 26.1. The number of anilines is 1. The summed E-state index contributed by atoms with van der Waals surface area (Å²) in [6, 6.07) is 5.49. The lowest BCUT2D eigenvalue weighted by Crippen LogP contribution is -2.47. The zero-order valence-electron chi connectivity index (χ0n) is 13.9. The molecule has 0 spiro atoms. The normalized spacial score (nSPS) is 15.6. The molecule has 2 rings (SSSR count). The minimum absolute atomic E-state index is 0.0133. The second-order valence-corrected chi connectivity index (χ2v) is 6.75. The summed E-state index contributed by atoms with van der Waals surface area (Å²) in [5, 5.41) is 6.51. The number of carbonyl (C=O) groups excluding carboxylic acids is 2. The number of carbonyl (C=O) groups is 2. The Kier molecular flexibility index (Phi) is 5.88. The standard InChI is InChI=1S/C17H24ClN3O2/c1-11(2)19-17(23)21-8-6-13(7-9-21)16(22)20-15-5-4-14(18)10-12(15)3/h4-5,10-11,13H,6-9H2,1-3H3,(H,19,23)(H,20,22). The topological polar surface area (TPSA) is 61.4 Å². The Balaban J connectivity index is 1.87. The molecule has 1 fully saturated rings. The summed E-state index contributed by atoms with van der Waals surface area (Å²) in [5.41, 5.74) is 1.74. The summed E-state index contributed by atoms with van der Waals surface area (Å²) in [7, 11) is 0. The van der Waals surface area contributed by atoms with Crippen LogP contribution in [0.15, 0.2) is 18.2 Å². The second kappa shape index (κ2) is 7.68. The maximum atomic E-state index is 12.4. The van der Waals surface area contributed by atoms with Crippen LogP contribution in [0.1, 0.15) is 32.3 Å². The SMILES string of the molecule is Cc1cc(Cl)ccc1NC(=O)C1CCN(C(=O)NC(C)C)CC1. The molecule has 0 bridgehead atoms. The van der Waals surface area contributed by atoms with Crippen molar-refractivity contribution in [2.45, 2.75) is 39.7 Å². The van der Waals surface area contributed by atoms with Crippen LogP contribution in [0, 0.1) is 12.8 Å². The number of hydrogen-bond acceptors (Lipinski definition) is 2. The lowest BCUT2D eigenvalue weighted by atomic mass is 9.96. The van der Waals surface area contributed by atoms with Crippen LogP contribution in [0.4, 0.5) is 10.5 Å². The molecule has 23 heavy (non-hydrogen) atoms. The molecular formula is C17H24ClN3O2. The minimum atomic E-state index is -0.0619. The lowest BCUT2D eigenvalue weighted by Gasteiger charge is -2.32. The Morgan fingerprint density at radius 3 is 2.48 bits per heavy atom. The van der Waals surface area contributed by atoms with Crippen molar-refractivity contribution >= 4 is 29.2 Å². The number of likely N-dealkylation sites (tertiary alicyclic amines) is 1. The number of rotatable bonds is 3. The van der Waals surface area contributed by atoms with Gasteiger partial charge in [-0.1, -0.05) is 11.6 Å². The van der Waals surface area contributed by atoms with Gasteiger partial charge in [-0.2, -0.15) is 0 Å². The average Bonchev–Trinajstić information content (AvgIpc) is 2.49. The zero-order valence-corrected chi connectivity index (χ0v) is 14.6. The first-order valence-electron chi connectivity index (χ1n) is 7.99. The Hall–Kier alpha value is -1.75. The van der Waals surface area contributed by atoms with E-state index in [1.165, 1.54) is 0 Å². The van der Waals surface area contributed by atoms with E-state index in [1.54, 1.807) is 11.0 Å². The fourth-order valence-corrected chi connectivity index (χ4v) is 2.91. The summed E-state index contributed by atoms with van der Waals surface area (Å²) < 4.78 is 0. The van der Waals surface area contributed by atoms with E-state index in [1.807, 2.05) is 32.9 Å². The highest BCUT2D eigenvalue weighted by Gasteiger charge is 2.27. The van der Waals surface area contributed by atoms with Gasteiger partial charge in [0, 0.05) is 35.8 Å². The molecule has 3 amide bonds. The number of amides is 3. The molecule has 2 N–H and O–H groups in total. The maximum absolute atomic E-state index is 12.4. The summed E-state index contributed by atoms with van der Waals surface area (Å²) in [6.07, 6.45) is 1.37. The molecule has 1 aliphatic heterocycles. The van der Waals surface area contributed by atoms with Gasteiger partial charge in [0.25, 0.3) is 0 Å². The van der Waals surface area contributed by atoms with Crippen LogP contribution in [-0.4, -0.2) is 36.0 Å². The van der Waals surface area contributed by atoms with Crippen LogP contribution >= 0.6 is 11.6 Å². The molecule has 5 nitrogen and oxygen atoms in total. The minimum Gasteiger partial charge on any atom is -0.336 e. The molecule has 1 saturated heterocycles. The third-order valence-corrected chi connectivity index (χ3v) is 4.25. The first-order chi connectivity index (χ1) is 10.9. The summed E-state index contributed by atoms with van der Waals surface area (Å²) in [6.45, 7) is 7.01. The van der Waals surface area contributed by atoms with Gasteiger partial charge in [0.2, 0.25) is 5.91 Å². The number of nitrogens with one attached hydrogen (secondary N) is 2. The van der Waals surface area contributed by atoms with Gasteiger partial charge in [-0.3, -0.25) is 4.79 Å². The number of piperidine rings is 1. The van der Waals surface area contributed by atoms with E-state index in [9.17, 15) is 9.59 Å². The van der Waals surface area contributed by atoms with Crippen molar-refractivity contribution in [2.75, 3.05) is 18.4 Å². The quantitative estimate of drug-likeness (QED) is 0.887. The van der Waals surface area contributed by atoms with Crippen LogP contribution in [-0.2, 0) is 4.79 Å². The molecule has 0 aliphatic carbocycles. The Bertz CT molecular complexity index is 581. The fraction of sp³-hybridized carbons (Fsp3) is 0.529. The number of nitrogens with zero attached hydrogens (tertiary/aromatic N) is 1. The fourth-order valence-electron chi connectivity index (χ4n) is 2.69. The number of aryl methyl sites for hydroxylation is 1. The summed E-state index contributed by atoms with van der Waals surface area (Å²) >= 11 is 5.93. The third-order valence-electron chi connectivity index (χ3n) is 4.01. The van der Waals surface area contributed by atoms with E-state index in [4.69, 9.17) is 11.6 Å². The van der Waals surface area contributed by atoms with Crippen molar-refractivity contribution in [1.82, 2.24) is 10.2 Å². The van der Waals surface area contributed by atoms with Crippen LogP contribution in [0.3, 0.4) is 0 Å². The Morgan fingerprint density at radius 2 is 1.91 bits per heavy atom. The Morgan fingerprint density at radius 1 is 1.26 bits per heavy atom. The lowest BCUT2D eigenvalue weighted by molar-refractivity contribution is -0.121. The van der Waals surface area contributed by atoms with Crippen LogP contribution in [0.25, 0.3) is 0 Å². The number of halogens is 1. The van der Waals surface area contributed by atoms with Crippen molar-refractivity contribution in [3.63, 3.8) is 0 Å². The molecule has 0 aromatic heterocycles. The van der Waals surface area contributed by atoms with Gasteiger partial charge in [-0.05, 0) is 57.4 Å². The number of benzene rings is 1. The van der Waals surface area contributed by atoms with Crippen molar-refractivity contribution in [2.24, 2.45) is 5.92 Å². The largest absolute Gasteiger partial charge is 0.336 e. The molecule has 1 aromatic rings. The van der Waals surface area contributed by atoms with E-state index < -0.39 is 0 Å². The highest BCUT2D eigenvalue weighted by Crippen LogP contribution is 2.23. The Labute approximate surface area is 142 Å². The number of hydrogen-bond donors (Lipinski definition) is 2. The number of urea groups is 1. The van der Waals surface area contributed by atoms with Crippen molar-refractivity contribution in [3.8, 4) is 0 Å². The van der Waals surface area contributed by atoms with Crippen LogP contribution in [0.5, 0.6) is 0 Å². The molecule has 6 heteroatoms. The zero-order chi connectivity index (χ0) is 17.0. The molecule has 1 heterocycles. The molecule has 126 valence electrons. The van der Waals surface area contributed by atoms with Crippen molar-refractivity contribution in [3.05, 3.63) is 28.8 Å². The van der Waals surface area contributed by atoms with Crippen LogP contribution in [0.2, 0.25) is 5.02 Å². The average molecular weight is 338 g/mol. The molecule has 1 aliphatic rings. The van der Waals surface area contributed by atoms with E-state index in [0.717, 1.165) is 11.3 Å². The van der Waals surface area contributed by atoms with Crippen molar-refractivity contribution in [1.29, 1.82) is 0 Å². The monoisotopic (exact) mass is 337 g/mol. The van der Waals surface area contributed by atoms with E-state index >= 15 is 0 Å². The highest BCUT2D eigenvalue weighted by atomic mass is 35.5. The van der Waals surface area contributed by atoms with Gasteiger partial charge >= 0.3 is 6.03 Å². The van der Waals surface area contributed by atoms with E-state index in [-0.39, 0.29) is 23.9 Å². The summed E-state index contributed by atoms with van der Waals surface area (Å²) in [5.74, 6) is -0.0486. The molecular weight excluding hydrogens is 314 g/mol. The van der Waals surface area contributed by atoms with Gasteiger partial charge in [0.15, 0.2) is 0 Å². The molecule has 1 aromatic carbocycles. The molecule has 0 saturated carbocycles. The smallest absolute Gasteiger partial charge is 0.317 e. The molecule has 0 atom stereocenters. The first kappa shape index (κ1) is 17.6. The van der Waals surface area contributed by atoms with Gasteiger partial charge in [-0.15, -0.1) is 0 Å². The molecule has 0 unspecified atom stereocenters. The van der Waals surface area contributed by atoms with Gasteiger partial charge < -0.3 is 15.5 Å². The maximum Gasteiger partial charge on any atom is 0.317 e. The van der Waals surface area contributed by atoms with Gasteiger partial charge in [-0.25, -0.2) is 4.79 Å². The van der Waals surface area contributed by atoms with E-state index in [0.29, 0.717) is 31.0 Å². The highest BCUT2D eigenvalue weighted by molar-refractivity contribution is 6.30. The van der Waals surface area contributed by atoms with Gasteiger partial charge in [0.1, 0.15) is 0 Å². The molecule has 0 radical (unpaired) electrons. The van der Waals surface area contributed by atoms with Gasteiger partial charge in [0.05, 0.1) is 0 Å². The predicted molar refractivity (Wildman–Crippen MR) is 92.8 cm³/mol. The third kappa shape index (κ3) is 4.86. The first-order valence-corrected chi connectivity index (χ1v) is 8.37. The van der Waals surface area contributed by atoms with Crippen molar-refractivity contribution < 1.29 is 9.59 Å². The van der Waals surface area contributed by atoms with E-state index in [2.05, 4.69) is 10.6 Å². The van der Waals surface area contributed by atoms with Crippen LogP contribution < -0.4 is 10.6 Å².